The molecular formula is C27H35IrN2O2-. The number of benzene rings is 2. The van der Waals surface area contributed by atoms with Crippen LogP contribution in [-0.4, -0.2) is 32.4 Å². The Hall–Kier alpha value is -1.91. The number of hydrogen-bond acceptors (Lipinski definition) is 4. The fraction of sp³-hybridized carbons (Fsp3) is 0.407. The second-order valence-electron chi connectivity index (χ2n) is 8.77. The SMILES string of the molecule is CC(C)C(O)CC(O)C(C)C.Cc1[c-]c(-c2cc(-c3ccccc3)ncn2)cc(C)c1.[Ir]. The van der Waals surface area contributed by atoms with Crippen LogP contribution in [0.5, 0.6) is 0 Å². The second kappa shape index (κ2) is 13.6. The molecule has 1 heterocycles. The Labute approximate surface area is 206 Å². The van der Waals surface area contributed by atoms with Gasteiger partial charge in [0, 0.05) is 20.1 Å². The molecule has 0 aliphatic carbocycles. The van der Waals surface area contributed by atoms with Crippen molar-refractivity contribution < 1.29 is 30.3 Å². The summed E-state index contributed by atoms with van der Waals surface area (Å²) in [5.41, 5.74) is 6.30. The van der Waals surface area contributed by atoms with Gasteiger partial charge >= 0.3 is 0 Å². The molecule has 0 fully saturated rings. The number of aromatic nitrogens is 2. The molecule has 0 aliphatic heterocycles. The van der Waals surface area contributed by atoms with E-state index >= 15 is 0 Å². The van der Waals surface area contributed by atoms with Gasteiger partial charge in [-0.1, -0.05) is 77.9 Å². The maximum atomic E-state index is 9.39. The van der Waals surface area contributed by atoms with Crippen LogP contribution >= 0.6 is 0 Å². The topological polar surface area (TPSA) is 66.2 Å². The van der Waals surface area contributed by atoms with Crippen LogP contribution in [0.1, 0.15) is 45.2 Å². The molecule has 2 N–H and O–H groups in total. The molecule has 175 valence electrons. The molecule has 0 bridgehead atoms. The zero-order valence-electron chi connectivity index (χ0n) is 19.8. The van der Waals surface area contributed by atoms with Crippen molar-refractivity contribution in [2.75, 3.05) is 0 Å². The van der Waals surface area contributed by atoms with E-state index in [4.69, 9.17) is 0 Å². The van der Waals surface area contributed by atoms with Gasteiger partial charge in [-0.15, -0.1) is 34.9 Å². The molecule has 4 nitrogen and oxygen atoms in total. The van der Waals surface area contributed by atoms with Crippen molar-refractivity contribution in [2.24, 2.45) is 11.8 Å². The minimum absolute atomic E-state index is 0. The minimum Gasteiger partial charge on any atom is -0.393 e. The van der Waals surface area contributed by atoms with Crippen LogP contribution in [0.4, 0.5) is 0 Å². The average molecular weight is 612 g/mol. The smallest absolute Gasteiger partial charge is 0.106 e. The first-order chi connectivity index (χ1) is 14.7. The summed E-state index contributed by atoms with van der Waals surface area (Å²) in [6.07, 6.45) is 1.37. The van der Waals surface area contributed by atoms with Crippen molar-refractivity contribution in [3.63, 3.8) is 0 Å². The number of aryl methyl sites for hydroxylation is 2. The van der Waals surface area contributed by atoms with Gasteiger partial charge < -0.3 is 10.2 Å². The second-order valence-corrected chi connectivity index (χ2v) is 8.77. The summed E-state index contributed by atoms with van der Waals surface area (Å²) in [5.74, 6) is 0.479. The van der Waals surface area contributed by atoms with Crippen molar-refractivity contribution >= 4 is 0 Å². The molecule has 2 atom stereocenters. The molecule has 1 radical (unpaired) electrons. The molecule has 0 amide bonds. The largest absolute Gasteiger partial charge is 0.393 e. The molecule has 0 saturated heterocycles. The maximum Gasteiger partial charge on any atom is 0.106 e. The number of hydrogen-bond donors (Lipinski definition) is 2. The Morgan fingerprint density at radius 2 is 1.38 bits per heavy atom. The van der Waals surface area contributed by atoms with Crippen LogP contribution in [0.2, 0.25) is 0 Å². The van der Waals surface area contributed by atoms with Crippen LogP contribution in [0.15, 0.2) is 54.9 Å². The van der Waals surface area contributed by atoms with E-state index in [1.165, 1.54) is 5.56 Å². The normalized spacial score (nSPS) is 12.6. The predicted octanol–water partition coefficient (Wildman–Crippen LogP) is 5.64. The number of nitrogens with zero attached hydrogens (tertiary/aromatic N) is 2. The van der Waals surface area contributed by atoms with Crippen molar-refractivity contribution in [3.8, 4) is 22.5 Å². The van der Waals surface area contributed by atoms with Gasteiger partial charge in [0.15, 0.2) is 0 Å². The van der Waals surface area contributed by atoms with E-state index in [1.54, 1.807) is 6.33 Å². The standard InChI is InChI=1S/C18H15N2.C9H20O2.Ir/c1-13-8-14(2)10-16(9-13)18-11-17(19-12-20-18)15-6-4-3-5-7-15;1-6(2)8(10)5-9(11)7(3)4;/h3-9,11-12H,1-2H3;6-11H,5H2,1-4H3;/q-1;;. The third-order valence-electron chi connectivity index (χ3n) is 5.18. The molecule has 2 unspecified atom stereocenters. The minimum atomic E-state index is -0.368. The molecule has 3 aromatic rings. The summed E-state index contributed by atoms with van der Waals surface area (Å²) >= 11 is 0. The Bertz CT molecular complexity index is 913. The number of rotatable bonds is 6. The van der Waals surface area contributed by atoms with E-state index in [1.807, 2.05) is 52.0 Å². The van der Waals surface area contributed by atoms with E-state index in [0.717, 1.165) is 28.1 Å². The van der Waals surface area contributed by atoms with Crippen LogP contribution < -0.4 is 0 Å². The molecule has 3 rings (SSSR count). The van der Waals surface area contributed by atoms with Gasteiger partial charge in [0.1, 0.15) is 6.33 Å². The van der Waals surface area contributed by atoms with Crippen LogP contribution in [0.3, 0.4) is 0 Å². The van der Waals surface area contributed by atoms with Gasteiger partial charge in [0.25, 0.3) is 0 Å². The molecule has 1 aromatic heterocycles. The van der Waals surface area contributed by atoms with Gasteiger partial charge in [-0.25, -0.2) is 4.98 Å². The van der Waals surface area contributed by atoms with Gasteiger partial charge in [-0.3, -0.25) is 4.98 Å². The Kier molecular flexibility index (Phi) is 11.9. The number of aliphatic hydroxyl groups excluding tert-OH is 2. The predicted molar refractivity (Wildman–Crippen MR) is 128 cm³/mol. The summed E-state index contributed by atoms with van der Waals surface area (Å²) in [4.78, 5) is 8.73. The quantitative estimate of drug-likeness (QED) is 0.355. The first kappa shape index (κ1) is 28.1. The van der Waals surface area contributed by atoms with Gasteiger partial charge in [0.05, 0.1) is 17.9 Å². The maximum absolute atomic E-state index is 9.39. The van der Waals surface area contributed by atoms with Crippen molar-refractivity contribution in [3.05, 3.63) is 72.1 Å². The van der Waals surface area contributed by atoms with E-state index in [2.05, 4.69) is 54.1 Å². The molecule has 0 spiro atoms. The Morgan fingerprint density at radius 1 is 0.812 bits per heavy atom. The zero-order valence-corrected chi connectivity index (χ0v) is 22.2. The average Bonchev–Trinajstić information content (AvgIpc) is 2.74. The fourth-order valence-corrected chi connectivity index (χ4v) is 3.10. The van der Waals surface area contributed by atoms with Gasteiger partial charge in [-0.05, 0) is 29.5 Å². The van der Waals surface area contributed by atoms with Crippen LogP contribution in [-0.2, 0) is 20.1 Å². The molecule has 0 saturated carbocycles. The molecule has 32 heavy (non-hydrogen) atoms. The molecular weight excluding hydrogens is 577 g/mol. The zero-order chi connectivity index (χ0) is 23.0. The van der Waals surface area contributed by atoms with E-state index in [-0.39, 0.29) is 44.1 Å². The fourth-order valence-electron chi connectivity index (χ4n) is 3.10. The first-order valence-electron chi connectivity index (χ1n) is 10.9. The third-order valence-corrected chi connectivity index (χ3v) is 5.18. The Balaban J connectivity index is 0.000000370. The van der Waals surface area contributed by atoms with E-state index < -0.39 is 0 Å². The summed E-state index contributed by atoms with van der Waals surface area (Å²) in [6, 6.07) is 19.7. The van der Waals surface area contributed by atoms with Crippen molar-refractivity contribution in [1.82, 2.24) is 9.97 Å². The van der Waals surface area contributed by atoms with Gasteiger partial charge in [-0.2, -0.15) is 0 Å². The Morgan fingerprint density at radius 3 is 1.91 bits per heavy atom. The first-order valence-corrected chi connectivity index (χ1v) is 10.9. The van der Waals surface area contributed by atoms with Crippen LogP contribution in [0.25, 0.3) is 22.5 Å². The summed E-state index contributed by atoms with van der Waals surface area (Å²) in [7, 11) is 0. The van der Waals surface area contributed by atoms with E-state index in [9.17, 15) is 10.2 Å². The van der Waals surface area contributed by atoms with Gasteiger partial charge in [0.2, 0.25) is 0 Å². The summed E-state index contributed by atoms with van der Waals surface area (Å²) < 4.78 is 0. The molecule has 0 aliphatic rings. The third kappa shape index (κ3) is 8.91. The monoisotopic (exact) mass is 612 g/mol. The van der Waals surface area contributed by atoms with Crippen molar-refractivity contribution in [2.45, 2.75) is 60.2 Å². The summed E-state index contributed by atoms with van der Waals surface area (Å²) in [5, 5.41) is 18.8. The molecule has 5 heteroatoms. The number of aliphatic hydroxyl groups is 2. The summed E-state index contributed by atoms with van der Waals surface area (Å²) in [6.45, 7) is 12.0. The van der Waals surface area contributed by atoms with E-state index in [0.29, 0.717) is 6.42 Å². The molecule has 2 aromatic carbocycles. The van der Waals surface area contributed by atoms with Crippen LogP contribution in [0, 0.1) is 31.7 Å². The van der Waals surface area contributed by atoms with Crippen molar-refractivity contribution in [1.29, 1.82) is 0 Å².